The van der Waals surface area contributed by atoms with E-state index in [1.165, 1.54) is 0 Å². The van der Waals surface area contributed by atoms with Gasteiger partial charge in [0.2, 0.25) is 0 Å². The van der Waals surface area contributed by atoms with Crippen molar-refractivity contribution < 1.29 is 19.1 Å². The Morgan fingerprint density at radius 3 is 2.14 bits per heavy atom. The summed E-state index contributed by atoms with van der Waals surface area (Å²) in [4.78, 5) is 24.4. The van der Waals surface area contributed by atoms with E-state index < -0.39 is 0 Å². The Kier molecular flexibility index (Phi) is 9.01. The second-order valence-corrected chi connectivity index (χ2v) is 6.36. The molecule has 150 valence electrons. The van der Waals surface area contributed by atoms with Gasteiger partial charge in [0.1, 0.15) is 5.75 Å². The number of rotatable bonds is 11. The predicted molar refractivity (Wildman–Crippen MR) is 110 cm³/mol. The Morgan fingerprint density at radius 2 is 1.50 bits per heavy atom. The summed E-state index contributed by atoms with van der Waals surface area (Å²) >= 11 is 0. The standard InChI is InChI=1S/C22H28N2O4/c1-3-4-16-28-20-12-8-18(9-13-20)22(26)24-19-10-6-17(7-11-19)21(25)23-14-5-15-27-2/h6-13H,3-5,14-16H2,1-2H3,(H,23,25)(H,24,26). The molecular weight excluding hydrogens is 356 g/mol. The van der Waals surface area contributed by atoms with E-state index in [-0.39, 0.29) is 11.8 Å². The Bertz CT molecular complexity index is 742. The third kappa shape index (κ3) is 7.04. The van der Waals surface area contributed by atoms with E-state index in [1.54, 1.807) is 55.6 Å². The molecule has 28 heavy (non-hydrogen) atoms. The number of ether oxygens (including phenoxy) is 2. The normalized spacial score (nSPS) is 10.4. The number of hydrogen-bond acceptors (Lipinski definition) is 4. The maximum absolute atomic E-state index is 12.4. The fraction of sp³-hybridized carbons (Fsp3) is 0.364. The lowest BCUT2D eigenvalue weighted by Crippen LogP contribution is -2.25. The van der Waals surface area contributed by atoms with Crippen LogP contribution in [0.4, 0.5) is 5.69 Å². The number of methoxy groups -OCH3 is 1. The molecule has 0 radical (unpaired) electrons. The maximum Gasteiger partial charge on any atom is 0.255 e. The molecule has 0 aromatic heterocycles. The Labute approximate surface area is 166 Å². The molecule has 2 rings (SSSR count). The SMILES string of the molecule is CCCCOc1ccc(C(=O)Nc2ccc(C(=O)NCCCOC)cc2)cc1. The van der Waals surface area contributed by atoms with Crippen molar-refractivity contribution in [3.8, 4) is 5.75 Å². The minimum Gasteiger partial charge on any atom is -0.494 e. The number of hydrogen-bond donors (Lipinski definition) is 2. The molecule has 0 saturated heterocycles. The first-order valence-electron chi connectivity index (χ1n) is 9.55. The molecule has 0 fully saturated rings. The van der Waals surface area contributed by atoms with Gasteiger partial charge in [0.05, 0.1) is 6.61 Å². The summed E-state index contributed by atoms with van der Waals surface area (Å²) in [6.45, 7) is 3.95. The van der Waals surface area contributed by atoms with Gasteiger partial charge in [0, 0.05) is 37.1 Å². The van der Waals surface area contributed by atoms with Crippen molar-refractivity contribution in [3.05, 3.63) is 59.7 Å². The third-order valence-electron chi connectivity index (χ3n) is 4.10. The molecule has 2 N–H and O–H groups in total. The van der Waals surface area contributed by atoms with E-state index in [2.05, 4.69) is 17.6 Å². The molecule has 0 aliphatic heterocycles. The zero-order valence-electron chi connectivity index (χ0n) is 16.5. The molecule has 0 saturated carbocycles. The monoisotopic (exact) mass is 384 g/mol. The maximum atomic E-state index is 12.4. The zero-order chi connectivity index (χ0) is 20.2. The number of amides is 2. The number of nitrogens with one attached hydrogen (secondary N) is 2. The van der Waals surface area contributed by atoms with E-state index in [1.807, 2.05) is 0 Å². The van der Waals surface area contributed by atoms with Crippen molar-refractivity contribution in [2.75, 3.05) is 32.2 Å². The highest BCUT2D eigenvalue weighted by atomic mass is 16.5. The second kappa shape index (κ2) is 11.8. The summed E-state index contributed by atoms with van der Waals surface area (Å²) in [5.74, 6) is 0.399. The predicted octanol–water partition coefficient (Wildman–Crippen LogP) is 3.88. The Morgan fingerprint density at radius 1 is 0.857 bits per heavy atom. The molecule has 0 heterocycles. The van der Waals surface area contributed by atoms with Gasteiger partial charge in [-0.1, -0.05) is 13.3 Å². The van der Waals surface area contributed by atoms with Gasteiger partial charge < -0.3 is 20.1 Å². The quantitative estimate of drug-likeness (QED) is 0.577. The highest BCUT2D eigenvalue weighted by Gasteiger charge is 2.08. The summed E-state index contributed by atoms with van der Waals surface area (Å²) in [5, 5.41) is 5.65. The van der Waals surface area contributed by atoms with Gasteiger partial charge >= 0.3 is 0 Å². The minimum absolute atomic E-state index is 0.146. The van der Waals surface area contributed by atoms with Crippen LogP contribution in [0.25, 0.3) is 0 Å². The summed E-state index contributed by atoms with van der Waals surface area (Å²) in [6.07, 6.45) is 2.84. The molecular formula is C22H28N2O4. The van der Waals surface area contributed by atoms with Crippen molar-refractivity contribution in [1.82, 2.24) is 5.32 Å². The van der Waals surface area contributed by atoms with Crippen molar-refractivity contribution in [2.24, 2.45) is 0 Å². The smallest absolute Gasteiger partial charge is 0.255 e. The van der Waals surface area contributed by atoms with Gasteiger partial charge in [-0.05, 0) is 61.4 Å². The Balaban J connectivity index is 1.85. The minimum atomic E-state index is -0.211. The first-order valence-corrected chi connectivity index (χ1v) is 9.55. The van der Waals surface area contributed by atoms with Crippen LogP contribution in [0.2, 0.25) is 0 Å². The zero-order valence-corrected chi connectivity index (χ0v) is 16.5. The van der Waals surface area contributed by atoms with Crippen molar-refractivity contribution >= 4 is 17.5 Å². The van der Waals surface area contributed by atoms with E-state index in [0.717, 1.165) is 25.0 Å². The molecule has 6 heteroatoms. The van der Waals surface area contributed by atoms with Crippen LogP contribution in [-0.4, -0.2) is 38.7 Å². The summed E-state index contributed by atoms with van der Waals surface area (Å²) in [7, 11) is 1.63. The van der Waals surface area contributed by atoms with Crippen molar-refractivity contribution in [1.29, 1.82) is 0 Å². The van der Waals surface area contributed by atoms with E-state index in [4.69, 9.17) is 9.47 Å². The number of unbranched alkanes of at least 4 members (excludes halogenated alkanes) is 1. The number of benzene rings is 2. The highest BCUT2D eigenvalue weighted by Crippen LogP contribution is 2.15. The van der Waals surface area contributed by atoms with Gasteiger partial charge in [-0.15, -0.1) is 0 Å². The van der Waals surface area contributed by atoms with Crippen molar-refractivity contribution in [3.63, 3.8) is 0 Å². The van der Waals surface area contributed by atoms with Crippen LogP contribution in [0.1, 0.15) is 46.9 Å². The number of carbonyl (C=O) groups excluding carboxylic acids is 2. The second-order valence-electron chi connectivity index (χ2n) is 6.36. The lowest BCUT2D eigenvalue weighted by Gasteiger charge is -2.09. The summed E-state index contributed by atoms with van der Waals surface area (Å²) in [5.41, 5.74) is 1.72. The molecule has 0 bridgehead atoms. The largest absolute Gasteiger partial charge is 0.494 e. The first kappa shape index (κ1) is 21.4. The van der Waals surface area contributed by atoms with Crippen LogP contribution >= 0.6 is 0 Å². The van der Waals surface area contributed by atoms with E-state index >= 15 is 0 Å². The average Bonchev–Trinajstić information content (AvgIpc) is 2.72. The first-order chi connectivity index (χ1) is 13.6. The Hall–Kier alpha value is -2.86. The molecule has 2 aromatic carbocycles. The van der Waals surface area contributed by atoms with Crippen molar-refractivity contribution in [2.45, 2.75) is 26.2 Å². The van der Waals surface area contributed by atoms with Gasteiger partial charge in [0.15, 0.2) is 0 Å². The third-order valence-corrected chi connectivity index (χ3v) is 4.10. The van der Waals surface area contributed by atoms with Crippen LogP contribution in [0.15, 0.2) is 48.5 Å². The highest BCUT2D eigenvalue weighted by molar-refractivity contribution is 6.04. The topological polar surface area (TPSA) is 76.7 Å². The van der Waals surface area contributed by atoms with Crippen LogP contribution in [0, 0.1) is 0 Å². The van der Waals surface area contributed by atoms with Gasteiger partial charge in [-0.3, -0.25) is 9.59 Å². The fourth-order valence-electron chi connectivity index (χ4n) is 2.47. The van der Waals surface area contributed by atoms with Gasteiger partial charge in [0.25, 0.3) is 11.8 Å². The molecule has 2 amide bonds. The van der Waals surface area contributed by atoms with E-state index in [0.29, 0.717) is 36.6 Å². The molecule has 0 spiro atoms. The number of anilines is 1. The lowest BCUT2D eigenvalue weighted by atomic mass is 10.1. The molecule has 0 aliphatic carbocycles. The van der Waals surface area contributed by atoms with Gasteiger partial charge in [-0.25, -0.2) is 0 Å². The van der Waals surface area contributed by atoms with E-state index in [9.17, 15) is 9.59 Å². The van der Waals surface area contributed by atoms with Gasteiger partial charge in [-0.2, -0.15) is 0 Å². The van der Waals surface area contributed by atoms with Crippen LogP contribution in [0.5, 0.6) is 5.75 Å². The lowest BCUT2D eigenvalue weighted by molar-refractivity contribution is 0.0948. The molecule has 0 atom stereocenters. The molecule has 2 aromatic rings. The fourth-order valence-corrected chi connectivity index (χ4v) is 2.47. The van der Waals surface area contributed by atoms with Crippen LogP contribution in [-0.2, 0) is 4.74 Å². The number of carbonyl (C=O) groups is 2. The molecule has 0 unspecified atom stereocenters. The molecule has 6 nitrogen and oxygen atoms in total. The van der Waals surface area contributed by atoms with Crippen LogP contribution < -0.4 is 15.4 Å². The van der Waals surface area contributed by atoms with Crippen LogP contribution in [0.3, 0.4) is 0 Å². The molecule has 0 aliphatic rings. The summed E-state index contributed by atoms with van der Waals surface area (Å²) < 4.78 is 10.5. The average molecular weight is 384 g/mol. The summed E-state index contributed by atoms with van der Waals surface area (Å²) in [6, 6.07) is 13.9.